The Balaban J connectivity index is 1.07. The molecule has 1 saturated carbocycles. The molecule has 4 amide bonds. The molecule has 2 saturated heterocycles. The van der Waals surface area contributed by atoms with E-state index in [9.17, 15) is 14.7 Å². The summed E-state index contributed by atoms with van der Waals surface area (Å²) in [5.41, 5.74) is 3.38. The largest absolute Gasteiger partial charge is 0.507 e. The standard InChI is InChI=1S/C50H40ClN5O5/c1-54(2)34-20-16-32(17-21-34)52-53-33-18-22-35(23-19-33)55-46(58)39-26-25-38-41(43(39)48(55)60)28-42-47(59)56(36-13-8-12-31(51)27-36)49(61)50(42,30-10-4-3-5-11-30)44(38)40-24-15-29-9-6-7-14-37(29)45(40)57/h3-25,27,39,41-44,57H,26,28H2,1-2H3. The molecule has 0 bridgehead atoms. The number of anilines is 3. The number of hydrogen-bond donors (Lipinski definition) is 1. The Morgan fingerprint density at radius 1 is 0.689 bits per heavy atom. The molecule has 0 spiro atoms. The SMILES string of the molecule is CN(C)c1ccc(N=Nc2ccc(N3C(=O)C4CC=C5C(CC6C(=O)N(c7cccc(Cl)c7)C(=O)C6(c6ccccc6)C5c5ccc6ccccc6c5O)C4C3=O)cc2)cc1. The quantitative estimate of drug-likeness (QED) is 0.0972. The van der Waals surface area contributed by atoms with Crippen LogP contribution in [0.5, 0.6) is 5.75 Å². The molecule has 6 unspecified atom stereocenters. The third-order valence-electron chi connectivity index (χ3n) is 13.2. The van der Waals surface area contributed by atoms with Gasteiger partial charge in [0.2, 0.25) is 23.6 Å². The van der Waals surface area contributed by atoms with Crippen molar-refractivity contribution in [1.82, 2.24) is 0 Å². The van der Waals surface area contributed by atoms with E-state index >= 15 is 9.59 Å². The highest BCUT2D eigenvalue weighted by Gasteiger charge is 2.70. The van der Waals surface area contributed by atoms with E-state index in [1.807, 2.05) is 116 Å². The number of amides is 4. The van der Waals surface area contributed by atoms with E-state index in [1.54, 1.807) is 48.5 Å². The number of imide groups is 2. The van der Waals surface area contributed by atoms with E-state index in [2.05, 4.69) is 10.2 Å². The number of fused-ring (bicyclic) bond motifs is 5. The molecule has 3 fully saturated rings. The minimum absolute atomic E-state index is 0.000511. The number of azo groups is 1. The molecule has 2 aliphatic carbocycles. The summed E-state index contributed by atoms with van der Waals surface area (Å²) in [7, 11) is 3.93. The molecule has 61 heavy (non-hydrogen) atoms. The second kappa shape index (κ2) is 14.7. The zero-order valence-corrected chi connectivity index (χ0v) is 34.1. The summed E-state index contributed by atoms with van der Waals surface area (Å²) in [6.07, 6.45) is 2.38. The van der Waals surface area contributed by atoms with Gasteiger partial charge in [-0.15, -0.1) is 0 Å². The van der Waals surface area contributed by atoms with Crippen LogP contribution in [0.1, 0.15) is 29.9 Å². The van der Waals surface area contributed by atoms with Crippen LogP contribution in [0.4, 0.5) is 28.4 Å². The molecule has 10 nitrogen and oxygen atoms in total. The van der Waals surface area contributed by atoms with Crippen LogP contribution < -0.4 is 14.7 Å². The van der Waals surface area contributed by atoms with Gasteiger partial charge >= 0.3 is 0 Å². The summed E-state index contributed by atoms with van der Waals surface area (Å²) in [6, 6.07) is 41.7. The highest BCUT2D eigenvalue weighted by molar-refractivity contribution is 6.32. The van der Waals surface area contributed by atoms with Gasteiger partial charge in [-0.25, -0.2) is 4.90 Å². The van der Waals surface area contributed by atoms with Gasteiger partial charge in [-0.05, 0) is 96.4 Å². The predicted octanol–water partition coefficient (Wildman–Crippen LogP) is 10.0. The fourth-order valence-electron chi connectivity index (χ4n) is 10.4. The number of benzene rings is 6. The summed E-state index contributed by atoms with van der Waals surface area (Å²) < 4.78 is 0. The molecule has 6 aromatic rings. The van der Waals surface area contributed by atoms with Crippen LogP contribution in [0.15, 0.2) is 161 Å². The van der Waals surface area contributed by atoms with Gasteiger partial charge in [-0.1, -0.05) is 96.0 Å². The molecular weight excluding hydrogens is 786 g/mol. The highest BCUT2D eigenvalue weighted by atomic mass is 35.5. The zero-order valence-electron chi connectivity index (χ0n) is 33.4. The van der Waals surface area contributed by atoms with Gasteiger partial charge < -0.3 is 10.0 Å². The molecule has 302 valence electrons. The van der Waals surface area contributed by atoms with Gasteiger partial charge in [0.15, 0.2) is 0 Å². The van der Waals surface area contributed by atoms with Crippen molar-refractivity contribution in [2.45, 2.75) is 24.2 Å². The third kappa shape index (κ3) is 5.91. The van der Waals surface area contributed by atoms with Crippen LogP contribution in [0.3, 0.4) is 0 Å². The number of carbonyl (C=O) groups excluding carboxylic acids is 4. The first kappa shape index (κ1) is 38.3. The number of hydrogen-bond acceptors (Lipinski definition) is 8. The second-order valence-corrected chi connectivity index (χ2v) is 16.9. The summed E-state index contributed by atoms with van der Waals surface area (Å²) in [6.45, 7) is 0. The Kier molecular flexibility index (Phi) is 9.21. The summed E-state index contributed by atoms with van der Waals surface area (Å²) >= 11 is 6.46. The molecule has 6 aromatic carbocycles. The Morgan fingerprint density at radius 2 is 1.38 bits per heavy atom. The average molecular weight is 826 g/mol. The van der Waals surface area contributed by atoms with E-state index in [4.69, 9.17) is 11.6 Å². The first-order valence-electron chi connectivity index (χ1n) is 20.3. The number of carbonyl (C=O) groups is 4. The number of phenols is 1. The van der Waals surface area contributed by atoms with Crippen LogP contribution in [0.2, 0.25) is 5.02 Å². The van der Waals surface area contributed by atoms with Crippen molar-refractivity contribution < 1.29 is 24.3 Å². The normalized spacial score (nSPS) is 24.6. The van der Waals surface area contributed by atoms with Crippen molar-refractivity contribution in [3.63, 3.8) is 0 Å². The lowest BCUT2D eigenvalue weighted by Gasteiger charge is -2.50. The molecule has 10 rings (SSSR count). The Hall–Kier alpha value is -6.91. The maximum Gasteiger partial charge on any atom is 0.246 e. The fraction of sp³-hybridized carbons (Fsp3) is 0.200. The fourth-order valence-corrected chi connectivity index (χ4v) is 10.6. The second-order valence-electron chi connectivity index (χ2n) is 16.5. The van der Waals surface area contributed by atoms with Gasteiger partial charge in [0.25, 0.3) is 0 Å². The van der Waals surface area contributed by atoms with Crippen LogP contribution in [0.25, 0.3) is 10.8 Å². The number of allylic oxidation sites excluding steroid dienone is 2. The number of nitrogens with zero attached hydrogens (tertiary/aromatic N) is 5. The number of phenolic OH excluding ortho intramolecular Hbond substituents is 1. The van der Waals surface area contributed by atoms with Gasteiger partial charge in [0, 0.05) is 41.7 Å². The van der Waals surface area contributed by atoms with E-state index in [-0.39, 0.29) is 30.4 Å². The lowest BCUT2D eigenvalue weighted by molar-refractivity contribution is -0.127. The smallest absolute Gasteiger partial charge is 0.246 e. The van der Waals surface area contributed by atoms with Gasteiger partial charge in [-0.2, -0.15) is 10.2 Å². The summed E-state index contributed by atoms with van der Waals surface area (Å²) in [4.78, 5) is 64.5. The summed E-state index contributed by atoms with van der Waals surface area (Å²) in [5, 5.41) is 22.8. The van der Waals surface area contributed by atoms with Crippen LogP contribution in [-0.4, -0.2) is 42.8 Å². The summed E-state index contributed by atoms with van der Waals surface area (Å²) in [5.74, 6) is -5.46. The van der Waals surface area contributed by atoms with Crippen LogP contribution in [-0.2, 0) is 24.6 Å². The lowest BCUT2D eigenvalue weighted by atomic mass is 9.49. The molecule has 0 radical (unpaired) electrons. The molecule has 2 heterocycles. The Bertz CT molecular complexity index is 2840. The number of aromatic hydroxyl groups is 1. The maximum absolute atomic E-state index is 15.6. The minimum Gasteiger partial charge on any atom is -0.507 e. The van der Waals surface area contributed by atoms with Crippen molar-refractivity contribution in [3.8, 4) is 5.75 Å². The van der Waals surface area contributed by atoms with E-state index in [0.717, 1.165) is 16.6 Å². The maximum atomic E-state index is 15.6. The van der Waals surface area contributed by atoms with E-state index in [0.29, 0.717) is 44.3 Å². The third-order valence-corrected chi connectivity index (χ3v) is 13.4. The van der Waals surface area contributed by atoms with E-state index in [1.165, 1.54) is 9.80 Å². The van der Waals surface area contributed by atoms with Crippen molar-refractivity contribution in [3.05, 3.63) is 167 Å². The van der Waals surface area contributed by atoms with Crippen molar-refractivity contribution in [2.24, 2.45) is 33.9 Å². The first-order chi connectivity index (χ1) is 29.6. The number of halogens is 1. The van der Waals surface area contributed by atoms with Crippen molar-refractivity contribution in [1.29, 1.82) is 0 Å². The van der Waals surface area contributed by atoms with Gasteiger partial charge in [0.05, 0.1) is 45.9 Å². The van der Waals surface area contributed by atoms with Crippen molar-refractivity contribution in [2.75, 3.05) is 28.8 Å². The Morgan fingerprint density at radius 3 is 2.08 bits per heavy atom. The monoisotopic (exact) mass is 825 g/mol. The zero-order chi connectivity index (χ0) is 42.2. The molecule has 4 aliphatic rings. The average Bonchev–Trinajstić information content (AvgIpc) is 3.67. The molecular formula is C50H40ClN5O5. The highest BCUT2D eigenvalue weighted by Crippen LogP contribution is 2.65. The molecule has 2 aliphatic heterocycles. The molecule has 0 aromatic heterocycles. The number of rotatable bonds is 7. The molecule has 11 heteroatoms. The first-order valence-corrected chi connectivity index (χ1v) is 20.7. The van der Waals surface area contributed by atoms with E-state index < -0.39 is 46.8 Å². The van der Waals surface area contributed by atoms with Crippen LogP contribution in [0, 0.1) is 23.7 Å². The van der Waals surface area contributed by atoms with Crippen molar-refractivity contribution >= 4 is 74.4 Å². The Labute approximate surface area is 357 Å². The van der Waals surface area contributed by atoms with Gasteiger partial charge in [0.1, 0.15) is 5.75 Å². The lowest BCUT2D eigenvalue weighted by Crippen LogP contribution is -2.53. The molecule has 1 N–H and O–H groups in total. The molecule has 6 atom stereocenters. The minimum atomic E-state index is -1.51. The topological polar surface area (TPSA) is 123 Å². The van der Waals surface area contributed by atoms with Crippen LogP contribution >= 0.6 is 11.6 Å². The predicted molar refractivity (Wildman–Crippen MR) is 236 cm³/mol. The van der Waals surface area contributed by atoms with Gasteiger partial charge in [-0.3, -0.25) is 24.1 Å².